The molecule has 6 rings (SSSR count). The Balaban J connectivity index is 1.46. The Morgan fingerprint density at radius 2 is 1.76 bits per heavy atom. The molecule has 5 aliphatic carbocycles. The molecule has 29 heavy (non-hydrogen) atoms. The summed E-state index contributed by atoms with van der Waals surface area (Å²) in [6.07, 6.45) is 12.1. The van der Waals surface area contributed by atoms with Gasteiger partial charge in [0, 0.05) is 17.9 Å². The molecule has 2 nitrogen and oxygen atoms in total. The van der Waals surface area contributed by atoms with Crippen LogP contribution in [0.3, 0.4) is 0 Å². The quantitative estimate of drug-likeness (QED) is 0.666. The molecule has 158 valence electrons. The van der Waals surface area contributed by atoms with Gasteiger partial charge in [-0.2, -0.15) is 0 Å². The van der Waals surface area contributed by atoms with E-state index in [9.17, 15) is 9.18 Å². The van der Waals surface area contributed by atoms with Gasteiger partial charge in [-0.15, -0.1) is 0 Å². The largest absolute Gasteiger partial charge is 0.328 e. The van der Waals surface area contributed by atoms with E-state index < -0.39 is 0 Å². The second-order valence-electron chi connectivity index (χ2n) is 11.3. The molecule has 5 saturated carbocycles. The molecule has 0 amide bonds. The average Bonchev–Trinajstić information content (AvgIpc) is 2.69. The number of nitrogens with two attached hydrogens (primary N) is 1. The molecule has 0 radical (unpaired) electrons. The van der Waals surface area contributed by atoms with Crippen LogP contribution >= 0.6 is 0 Å². The third-order valence-electron chi connectivity index (χ3n) is 9.15. The summed E-state index contributed by atoms with van der Waals surface area (Å²) in [4.78, 5) is 13.8. The van der Waals surface area contributed by atoms with Gasteiger partial charge in [-0.25, -0.2) is 0 Å². The lowest BCUT2D eigenvalue weighted by molar-refractivity contribution is -0.163. The Labute approximate surface area is 174 Å². The van der Waals surface area contributed by atoms with E-state index in [4.69, 9.17) is 5.73 Å². The van der Waals surface area contributed by atoms with Crippen LogP contribution in [0.5, 0.6) is 0 Å². The SMILES string of the molecule is NC1CCC(CC(=O)C23CC4C[C@@](CCF)(C2)C[C@](c2ccccc2)(C4)C3)CC1. The van der Waals surface area contributed by atoms with Crippen molar-refractivity contribution in [2.75, 3.05) is 6.67 Å². The molecule has 0 aliphatic heterocycles. The van der Waals surface area contributed by atoms with Crippen molar-refractivity contribution in [2.45, 2.75) is 88.5 Å². The molecule has 5 aliphatic rings. The van der Waals surface area contributed by atoms with Crippen molar-refractivity contribution in [3.63, 3.8) is 0 Å². The molecule has 0 spiro atoms. The smallest absolute Gasteiger partial charge is 0.139 e. The highest BCUT2D eigenvalue weighted by Crippen LogP contribution is 2.71. The van der Waals surface area contributed by atoms with Crippen LogP contribution in [0.4, 0.5) is 4.39 Å². The average molecular weight is 398 g/mol. The van der Waals surface area contributed by atoms with Gasteiger partial charge in [0.25, 0.3) is 0 Å². The van der Waals surface area contributed by atoms with E-state index >= 15 is 0 Å². The van der Waals surface area contributed by atoms with Gasteiger partial charge in [-0.1, -0.05) is 30.3 Å². The number of benzene rings is 1. The highest BCUT2D eigenvalue weighted by atomic mass is 19.1. The lowest BCUT2D eigenvalue weighted by Gasteiger charge is -2.66. The van der Waals surface area contributed by atoms with Gasteiger partial charge in [0.2, 0.25) is 0 Å². The highest BCUT2D eigenvalue weighted by molar-refractivity contribution is 5.86. The first-order valence-corrected chi connectivity index (χ1v) is 11.9. The maximum atomic E-state index is 13.8. The summed E-state index contributed by atoms with van der Waals surface area (Å²) < 4.78 is 13.7. The maximum Gasteiger partial charge on any atom is 0.139 e. The van der Waals surface area contributed by atoms with Gasteiger partial charge >= 0.3 is 0 Å². The first-order valence-electron chi connectivity index (χ1n) is 11.9. The minimum Gasteiger partial charge on any atom is -0.328 e. The number of alkyl halides is 1. The summed E-state index contributed by atoms with van der Waals surface area (Å²) >= 11 is 0. The number of rotatable bonds is 6. The van der Waals surface area contributed by atoms with E-state index in [2.05, 4.69) is 30.3 Å². The Kier molecular flexibility index (Phi) is 4.89. The summed E-state index contributed by atoms with van der Waals surface area (Å²) in [7, 11) is 0. The van der Waals surface area contributed by atoms with Crippen LogP contribution in [0.15, 0.2) is 30.3 Å². The van der Waals surface area contributed by atoms with Gasteiger partial charge in [-0.3, -0.25) is 9.18 Å². The third-order valence-corrected chi connectivity index (χ3v) is 9.15. The summed E-state index contributed by atoms with van der Waals surface area (Å²) in [5, 5.41) is 0. The van der Waals surface area contributed by atoms with Gasteiger partial charge in [-0.05, 0) is 98.9 Å². The van der Waals surface area contributed by atoms with Crippen LogP contribution in [0.1, 0.15) is 82.6 Å². The van der Waals surface area contributed by atoms with Crippen molar-refractivity contribution in [1.29, 1.82) is 0 Å². The predicted octanol–water partition coefficient (Wildman–Crippen LogP) is 5.73. The van der Waals surface area contributed by atoms with Crippen LogP contribution in [0.25, 0.3) is 0 Å². The van der Waals surface area contributed by atoms with E-state index in [1.807, 2.05) is 0 Å². The fourth-order valence-electron chi connectivity index (χ4n) is 8.41. The predicted molar refractivity (Wildman–Crippen MR) is 114 cm³/mol. The maximum absolute atomic E-state index is 13.8. The Morgan fingerprint density at radius 1 is 1.00 bits per heavy atom. The molecule has 2 unspecified atom stereocenters. The zero-order chi connectivity index (χ0) is 20.1. The topological polar surface area (TPSA) is 43.1 Å². The van der Waals surface area contributed by atoms with Gasteiger partial charge in [0.1, 0.15) is 5.78 Å². The summed E-state index contributed by atoms with van der Waals surface area (Å²) in [5.41, 5.74) is 7.40. The fraction of sp³-hybridized carbons (Fsp3) is 0.731. The molecule has 0 saturated heterocycles. The van der Waals surface area contributed by atoms with Crippen molar-refractivity contribution < 1.29 is 9.18 Å². The fourth-order valence-corrected chi connectivity index (χ4v) is 8.41. The van der Waals surface area contributed by atoms with Crippen molar-refractivity contribution in [1.82, 2.24) is 0 Å². The third kappa shape index (κ3) is 3.38. The second kappa shape index (κ2) is 7.18. The molecule has 0 aromatic heterocycles. The lowest BCUT2D eigenvalue weighted by Crippen LogP contribution is -2.61. The first-order chi connectivity index (χ1) is 14.0. The summed E-state index contributed by atoms with van der Waals surface area (Å²) in [6.45, 7) is -0.248. The van der Waals surface area contributed by atoms with Gasteiger partial charge in [0.05, 0.1) is 6.67 Å². The number of hydrogen-bond acceptors (Lipinski definition) is 2. The van der Waals surface area contributed by atoms with E-state index in [0.717, 1.165) is 64.2 Å². The number of halogens is 1. The zero-order valence-electron chi connectivity index (χ0n) is 17.7. The highest BCUT2D eigenvalue weighted by Gasteiger charge is 2.65. The molecule has 1 aromatic carbocycles. The van der Waals surface area contributed by atoms with Crippen molar-refractivity contribution in [3.8, 4) is 0 Å². The van der Waals surface area contributed by atoms with Crippen LogP contribution < -0.4 is 5.73 Å². The molecule has 3 heteroatoms. The molecule has 4 bridgehead atoms. The normalized spacial score (nSPS) is 43.4. The van der Waals surface area contributed by atoms with E-state index in [-0.39, 0.29) is 22.9 Å². The van der Waals surface area contributed by atoms with Crippen LogP contribution in [0, 0.1) is 22.7 Å². The summed E-state index contributed by atoms with van der Waals surface area (Å²) in [5.74, 6) is 1.60. The Morgan fingerprint density at radius 3 is 2.48 bits per heavy atom. The first kappa shape index (κ1) is 19.7. The van der Waals surface area contributed by atoms with Crippen molar-refractivity contribution in [3.05, 3.63) is 35.9 Å². The summed E-state index contributed by atoms with van der Waals surface area (Å²) in [6, 6.07) is 11.2. The zero-order valence-corrected chi connectivity index (χ0v) is 17.7. The number of ketones is 1. The van der Waals surface area contributed by atoms with Crippen LogP contribution in [-0.2, 0) is 10.2 Å². The molecule has 1 aromatic rings. The molecule has 2 N–H and O–H groups in total. The molecule has 0 heterocycles. The van der Waals surface area contributed by atoms with Crippen molar-refractivity contribution >= 4 is 5.78 Å². The Bertz CT molecular complexity index is 757. The van der Waals surface area contributed by atoms with Gasteiger partial charge in [0.15, 0.2) is 0 Å². The van der Waals surface area contributed by atoms with Gasteiger partial charge < -0.3 is 5.73 Å². The standard InChI is InChI=1S/C26H36FNO/c27-11-10-24-13-20-14-25(16-24,21-4-2-1-3-5-21)18-26(15-20,17-24)23(29)12-19-6-8-22(28)9-7-19/h1-5,19-20,22H,6-18,28H2/t19?,20?,22?,24-,25-,26?/m1/s1. The van der Waals surface area contributed by atoms with E-state index in [1.54, 1.807) is 0 Å². The number of carbonyl (C=O) groups is 1. The molecular weight excluding hydrogens is 361 g/mol. The second-order valence-corrected chi connectivity index (χ2v) is 11.3. The minimum absolute atomic E-state index is 0.0363. The number of carbonyl (C=O) groups excluding carboxylic acids is 1. The number of Topliss-reactive ketones (excluding diaryl/α,β-unsaturated/α-hetero) is 1. The lowest BCUT2D eigenvalue weighted by atomic mass is 9.37. The van der Waals surface area contributed by atoms with Crippen LogP contribution in [-0.4, -0.2) is 18.5 Å². The molecule has 4 atom stereocenters. The molecule has 5 fully saturated rings. The Hall–Kier alpha value is -1.22. The number of hydrogen-bond donors (Lipinski definition) is 1. The van der Waals surface area contributed by atoms with E-state index in [1.165, 1.54) is 12.0 Å². The van der Waals surface area contributed by atoms with E-state index in [0.29, 0.717) is 30.1 Å². The molecular formula is C26H36FNO. The van der Waals surface area contributed by atoms with Crippen molar-refractivity contribution in [2.24, 2.45) is 28.4 Å². The van der Waals surface area contributed by atoms with Crippen LogP contribution in [0.2, 0.25) is 0 Å². The monoisotopic (exact) mass is 397 g/mol. The minimum atomic E-state index is -0.248.